The molecular formula is C38H33N3O4S. The van der Waals surface area contributed by atoms with E-state index in [1.165, 1.54) is 11.8 Å². The van der Waals surface area contributed by atoms with E-state index in [-0.39, 0.29) is 16.9 Å². The molecule has 0 radical (unpaired) electrons. The minimum Gasteiger partial charge on any atom is -0.497 e. The first kappa shape index (κ1) is 31.8. The van der Waals surface area contributed by atoms with Crippen LogP contribution in [0.5, 0.6) is 5.75 Å². The maximum atomic E-state index is 13.5. The zero-order valence-electron chi connectivity index (χ0n) is 25.4. The third kappa shape index (κ3) is 8.74. The Labute approximate surface area is 272 Å². The summed E-state index contributed by atoms with van der Waals surface area (Å²) in [6.07, 6.45) is 1.65. The number of hydrogen-bond donors (Lipinski definition) is 3. The first-order chi connectivity index (χ1) is 22.4. The molecule has 46 heavy (non-hydrogen) atoms. The van der Waals surface area contributed by atoms with E-state index in [0.717, 1.165) is 21.6 Å². The van der Waals surface area contributed by atoms with Crippen LogP contribution < -0.4 is 20.7 Å². The van der Waals surface area contributed by atoms with Crippen molar-refractivity contribution in [3.05, 3.63) is 150 Å². The van der Waals surface area contributed by atoms with Gasteiger partial charge >= 0.3 is 0 Å². The average molecular weight is 628 g/mol. The summed E-state index contributed by atoms with van der Waals surface area (Å²) in [7, 11) is 1.58. The van der Waals surface area contributed by atoms with Gasteiger partial charge in [0.05, 0.1) is 12.4 Å². The van der Waals surface area contributed by atoms with Gasteiger partial charge < -0.3 is 20.7 Å². The number of thioether (sulfide) groups is 1. The third-order valence-electron chi connectivity index (χ3n) is 6.99. The summed E-state index contributed by atoms with van der Waals surface area (Å²) in [5, 5.41) is 8.19. The van der Waals surface area contributed by atoms with Crippen molar-refractivity contribution in [3.8, 4) is 16.9 Å². The van der Waals surface area contributed by atoms with E-state index < -0.39 is 11.8 Å². The van der Waals surface area contributed by atoms with E-state index >= 15 is 0 Å². The standard InChI is InChI=1S/C38H33N3O4S/c1-26(36(42)40-32-14-9-15-33(25-32)45-2)46-34-22-20-31(21-23-34)39-38(44)35(41-37(43)30-12-7-4-8-13-30)24-27-16-18-29(19-17-27)28-10-5-3-6-11-28/h3-26H,1-2H3,(H,39,44)(H,40,42)(H,41,43)/b35-24-. The monoisotopic (exact) mass is 627 g/mol. The normalized spacial score (nSPS) is 11.7. The van der Waals surface area contributed by atoms with Crippen molar-refractivity contribution in [2.24, 2.45) is 0 Å². The average Bonchev–Trinajstić information content (AvgIpc) is 3.10. The van der Waals surface area contributed by atoms with E-state index in [0.29, 0.717) is 22.7 Å². The van der Waals surface area contributed by atoms with Crippen LogP contribution in [0.3, 0.4) is 0 Å². The number of rotatable bonds is 11. The van der Waals surface area contributed by atoms with Crippen LogP contribution in [0.4, 0.5) is 11.4 Å². The molecule has 3 amide bonds. The van der Waals surface area contributed by atoms with Crippen LogP contribution in [-0.2, 0) is 9.59 Å². The van der Waals surface area contributed by atoms with Crippen LogP contribution in [0.25, 0.3) is 17.2 Å². The molecule has 1 atom stereocenters. The molecule has 7 nitrogen and oxygen atoms in total. The molecule has 5 rings (SSSR count). The second-order valence-electron chi connectivity index (χ2n) is 10.3. The van der Waals surface area contributed by atoms with Crippen molar-refractivity contribution in [1.82, 2.24) is 5.32 Å². The molecule has 0 aliphatic rings. The molecule has 0 aromatic heterocycles. The number of hydrogen-bond acceptors (Lipinski definition) is 5. The summed E-state index contributed by atoms with van der Waals surface area (Å²) in [6.45, 7) is 1.83. The minimum atomic E-state index is -0.470. The van der Waals surface area contributed by atoms with Gasteiger partial charge in [0.2, 0.25) is 5.91 Å². The van der Waals surface area contributed by atoms with Crippen molar-refractivity contribution < 1.29 is 19.1 Å². The van der Waals surface area contributed by atoms with E-state index in [9.17, 15) is 14.4 Å². The van der Waals surface area contributed by atoms with Gasteiger partial charge in [0.1, 0.15) is 11.4 Å². The number of nitrogens with one attached hydrogen (secondary N) is 3. The fourth-order valence-corrected chi connectivity index (χ4v) is 5.40. The Morgan fingerprint density at radius 1 is 0.696 bits per heavy atom. The SMILES string of the molecule is COc1cccc(NC(=O)C(C)Sc2ccc(NC(=O)/C(=C/c3ccc(-c4ccccc4)cc3)NC(=O)c3ccccc3)cc2)c1. The van der Waals surface area contributed by atoms with Crippen LogP contribution >= 0.6 is 11.8 Å². The molecular weight excluding hydrogens is 595 g/mol. The molecule has 0 aliphatic carbocycles. The highest BCUT2D eigenvalue weighted by molar-refractivity contribution is 8.00. The summed E-state index contributed by atoms with van der Waals surface area (Å²) in [5.74, 6) is -0.343. The molecule has 5 aromatic rings. The predicted molar refractivity (Wildman–Crippen MR) is 186 cm³/mol. The molecule has 0 heterocycles. The Morgan fingerprint density at radius 2 is 1.35 bits per heavy atom. The number of carbonyl (C=O) groups excluding carboxylic acids is 3. The topological polar surface area (TPSA) is 96.5 Å². The second-order valence-corrected chi connectivity index (χ2v) is 11.7. The number of amides is 3. The fourth-order valence-electron chi connectivity index (χ4n) is 4.53. The Morgan fingerprint density at radius 3 is 2.02 bits per heavy atom. The lowest BCUT2D eigenvalue weighted by Crippen LogP contribution is -2.30. The van der Waals surface area contributed by atoms with Crippen LogP contribution in [0, 0.1) is 0 Å². The second kappa shape index (κ2) is 15.4. The molecule has 3 N–H and O–H groups in total. The zero-order chi connectivity index (χ0) is 32.3. The summed E-state index contributed by atoms with van der Waals surface area (Å²) in [4.78, 5) is 40.1. The van der Waals surface area contributed by atoms with Crippen molar-refractivity contribution in [1.29, 1.82) is 0 Å². The van der Waals surface area contributed by atoms with Crippen molar-refractivity contribution >= 4 is 46.9 Å². The van der Waals surface area contributed by atoms with Gasteiger partial charge in [-0.1, -0.05) is 78.9 Å². The number of ether oxygens (including phenoxy) is 1. The van der Waals surface area contributed by atoms with Crippen LogP contribution in [-0.4, -0.2) is 30.1 Å². The quantitative estimate of drug-likeness (QED) is 0.102. The lowest BCUT2D eigenvalue weighted by atomic mass is 10.0. The largest absolute Gasteiger partial charge is 0.497 e. The molecule has 0 saturated carbocycles. The maximum Gasteiger partial charge on any atom is 0.272 e. The summed E-state index contributed by atoms with van der Waals surface area (Å²) in [5.41, 5.74) is 4.62. The Kier molecular flexibility index (Phi) is 10.7. The van der Waals surface area contributed by atoms with Crippen LogP contribution in [0.15, 0.2) is 144 Å². The van der Waals surface area contributed by atoms with Gasteiger partial charge in [-0.25, -0.2) is 0 Å². The highest BCUT2D eigenvalue weighted by Gasteiger charge is 2.17. The highest BCUT2D eigenvalue weighted by Crippen LogP contribution is 2.27. The van der Waals surface area contributed by atoms with Gasteiger partial charge in [0.15, 0.2) is 0 Å². The van der Waals surface area contributed by atoms with Gasteiger partial charge in [-0.15, -0.1) is 11.8 Å². The summed E-state index contributed by atoms with van der Waals surface area (Å²) in [6, 6.07) is 40.9. The Balaban J connectivity index is 1.27. The molecule has 0 fully saturated rings. The number of anilines is 2. The van der Waals surface area contributed by atoms with Gasteiger partial charge in [-0.2, -0.15) is 0 Å². The predicted octanol–water partition coefficient (Wildman–Crippen LogP) is 7.89. The molecule has 1 unspecified atom stereocenters. The molecule has 5 aromatic carbocycles. The molecule has 0 spiro atoms. The van der Waals surface area contributed by atoms with Crippen LogP contribution in [0.1, 0.15) is 22.8 Å². The number of carbonyl (C=O) groups is 3. The lowest BCUT2D eigenvalue weighted by Gasteiger charge is -2.14. The van der Waals surface area contributed by atoms with Gasteiger partial charge in [0, 0.05) is 27.9 Å². The zero-order valence-corrected chi connectivity index (χ0v) is 26.2. The third-order valence-corrected chi connectivity index (χ3v) is 8.10. The van der Waals surface area contributed by atoms with Crippen molar-refractivity contribution in [2.75, 3.05) is 17.7 Å². The Bertz CT molecular complexity index is 1820. The molecule has 0 bridgehead atoms. The Hall–Kier alpha value is -5.60. The van der Waals surface area contributed by atoms with Crippen molar-refractivity contribution in [2.45, 2.75) is 17.1 Å². The minimum absolute atomic E-state index is 0.0996. The molecule has 230 valence electrons. The van der Waals surface area contributed by atoms with Crippen LogP contribution in [0.2, 0.25) is 0 Å². The van der Waals surface area contributed by atoms with Gasteiger partial charge in [-0.3, -0.25) is 14.4 Å². The van der Waals surface area contributed by atoms with Crippen molar-refractivity contribution in [3.63, 3.8) is 0 Å². The summed E-state index contributed by atoms with van der Waals surface area (Å²) >= 11 is 1.40. The fraction of sp³-hybridized carbons (Fsp3) is 0.0789. The van der Waals surface area contributed by atoms with E-state index in [2.05, 4.69) is 16.0 Å². The maximum absolute atomic E-state index is 13.5. The molecule has 8 heteroatoms. The van der Waals surface area contributed by atoms with E-state index in [4.69, 9.17) is 4.74 Å². The first-order valence-electron chi connectivity index (χ1n) is 14.6. The number of benzene rings is 5. The summed E-state index contributed by atoms with van der Waals surface area (Å²) < 4.78 is 5.22. The molecule has 0 aliphatic heterocycles. The highest BCUT2D eigenvalue weighted by atomic mass is 32.2. The number of methoxy groups -OCH3 is 1. The molecule has 0 saturated heterocycles. The van der Waals surface area contributed by atoms with E-state index in [1.807, 2.05) is 91.9 Å². The lowest BCUT2D eigenvalue weighted by molar-refractivity contribution is -0.115. The van der Waals surface area contributed by atoms with Gasteiger partial charge in [-0.05, 0) is 78.2 Å². The van der Waals surface area contributed by atoms with Gasteiger partial charge in [0.25, 0.3) is 11.8 Å². The van der Waals surface area contributed by atoms with E-state index in [1.54, 1.807) is 61.7 Å². The smallest absolute Gasteiger partial charge is 0.272 e. The first-order valence-corrected chi connectivity index (χ1v) is 15.5.